The Hall–Kier alpha value is -2.77. The molecule has 0 aromatic heterocycles. The molecule has 1 aromatic rings. The van der Waals surface area contributed by atoms with Gasteiger partial charge in [0.2, 0.25) is 0 Å². The Balaban J connectivity index is 3.12. The smallest absolute Gasteiger partial charge is 0.323 e. The third kappa shape index (κ3) is 4.37. The van der Waals surface area contributed by atoms with E-state index in [4.69, 9.17) is 19.7 Å². The van der Waals surface area contributed by atoms with Crippen molar-refractivity contribution in [2.24, 2.45) is 0 Å². The van der Waals surface area contributed by atoms with Crippen LogP contribution in [-0.2, 0) is 9.59 Å². The first kappa shape index (κ1) is 16.3. The Morgan fingerprint density at radius 1 is 1.05 bits per heavy atom. The molecule has 0 aliphatic heterocycles. The Morgan fingerprint density at radius 2 is 1.62 bits per heavy atom. The fraction of sp³-hybridized carbons (Fsp3) is 0.308. The summed E-state index contributed by atoms with van der Waals surface area (Å²) < 4.78 is 10.0. The molecule has 8 nitrogen and oxygen atoms in total. The number of amides is 1. The van der Waals surface area contributed by atoms with E-state index in [0.717, 1.165) is 0 Å². The molecule has 1 rings (SSSR count). The van der Waals surface area contributed by atoms with E-state index in [1.807, 2.05) is 0 Å². The predicted octanol–water partition coefficient (Wildman–Crippen LogP) is 0.315. The molecular weight excluding hydrogens is 282 g/mol. The zero-order valence-corrected chi connectivity index (χ0v) is 11.5. The van der Waals surface area contributed by atoms with Crippen LogP contribution in [0.15, 0.2) is 18.2 Å². The highest BCUT2D eigenvalue weighted by molar-refractivity contribution is 5.99. The minimum Gasteiger partial charge on any atom is -0.497 e. The van der Waals surface area contributed by atoms with Gasteiger partial charge in [0, 0.05) is 6.07 Å². The maximum absolute atomic E-state index is 12.3. The van der Waals surface area contributed by atoms with E-state index in [2.05, 4.69) is 0 Å². The van der Waals surface area contributed by atoms with Gasteiger partial charge in [-0.05, 0) is 12.1 Å². The lowest BCUT2D eigenvalue weighted by molar-refractivity contribution is -0.140. The summed E-state index contributed by atoms with van der Waals surface area (Å²) >= 11 is 0. The largest absolute Gasteiger partial charge is 0.497 e. The number of hydrogen-bond donors (Lipinski definition) is 2. The van der Waals surface area contributed by atoms with Gasteiger partial charge in [-0.25, -0.2) is 0 Å². The third-order valence-corrected chi connectivity index (χ3v) is 2.58. The van der Waals surface area contributed by atoms with Crippen molar-refractivity contribution in [2.75, 3.05) is 27.3 Å². The Bertz CT molecular complexity index is 539. The van der Waals surface area contributed by atoms with Gasteiger partial charge in [-0.3, -0.25) is 14.4 Å². The SMILES string of the molecule is COc1ccc(C(=O)N(CC(=O)O)CC(=O)O)c(OC)c1. The molecule has 0 aliphatic rings. The van der Waals surface area contributed by atoms with E-state index in [-0.39, 0.29) is 11.3 Å². The van der Waals surface area contributed by atoms with Crippen LogP contribution in [0.3, 0.4) is 0 Å². The molecule has 0 radical (unpaired) electrons. The van der Waals surface area contributed by atoms with Gasteiger partial charge in [0.05, 0.1) is 19.8 Å². The van der Waals surface area contributed by atoms with Crippen LogP contribution in [0.25, 0.3) is 0 Å². The number of nitrogens with zero attached hydrogens (tertiary/aromatic N) is 1. The zero-order chi connectivity index (χ0) is 16.0. The van der Waals surface area contributed by atoms with Crippen LogP contribution in [0, 0.1) is 0 Å². The minimum absolute atomic E-state index is 0.0563. The number of methoxy groups -OCH3 is 2. The molecule has 0 unspecified atom stereocenters. The van der Waals surface area contributed by atoms with Crippen molar-refractivity contribution < 1.29 is 34.1 Å². The van der Waals surface area contributed by atoms with Gasteiger partial charge >= 0.3 is 11.9 Å². The molecule has 1 aromatic carbocycles. The molecule has 0 fully saturated rings. The van der Waals surface area contributed by atoms with Crippen molar-refractivity contribution in [2.45, 2.75) is 0 Å². The molecule has 0 saturated carbocycles. The summed E-state index contributed by atoms with van der Waals surface area (Å²) in [4.78, 5) is 34.5. The van der Waals surface area contributed by atoms with Crippen LogP contribution in [0.1, 0.15) is 10.4 Å². The predicted molar refractivity (Wildman–Crippen MR) is 70.7 cm³/mol. The van der Waals surface area contributed by atoms with E-state index in [9.17, 15) is 14.4 Å². The first-order chi connectivity index (χ1) is 9.88. The second-order valence-electron chi connectivity index (χ2n) is 4.01. The molecule has 8 heteroatoms. The Kier molecular flexibility index (Phi) is 5.53. The summed E-state index contributed by atoms with van der Waals surface area (Å²) in [6.45, 7) is -1.44. The summed E-state index contributed by atoms with van der Waals surface area (Å²) in [6.07, 6.45) is 0. The van der Waals surface area contributed by atoms with Crippen LogP contribution in [0.2, 0.25) is 0 Å². The lowest BCUT2D eigenvalue weighted by Crippen LogP contribution is -2.39. The highest BCUT2D eigenvalue weighted by Gasteiger charge is 2.24. The normalized spacial score (nSPS) is 9.81. The molecule has 0 spiro atoms. The highest BCUT2D eigenvalue weighted by atomic mass is 16.5. The maximum Gasteiger partial charge on any atom is 0.323 e. The van der Waals surface area contributed by atoms with Crippen molar-refractivity contribution >= 4 is 17.8 Å². The molecular formula is C13H15NO7. The van der Waals surface area contributed by atoms with Crippen LogP contribution in [-0.4, -0.2) is 60.3 Å². The molecule has 114 valence electrons. The first-order valence-electron chi connectivity index (χ1n) is 5.84. The summed E-state index contributed by atoms with van der Waals surface area (Å²) in [5, 5.41) is 17.5. The van der Waals surface area contributed by atoms with E-state index in [1.54, 1.807) is 0 Å². The molecule has 2 N–H and O–H groups in total. The molecule has 0 heterocycles. The Morgan fingerprint density at radius 3 is 2.05 bits per heavy atom. The second kappa shape index (κ2) is 7.13. The number of carboxylic acid groups (broad SMARTS) is 2. The molecule has 1 amide bonds. The van der Waals surface area contributed by atoms with Gasteiger partial charge in [-0.1, -0.05) is 0 Å². The molecule has 0 saturated heterocycles. The van der Waals surface area contributed by atoms with Crippen LogP contribution in [0.5, 0.6) is 11.5 Å². The topological polar surface area (TPSA) is 113 Å². The molecule has 0 atom stereocenters. The second-order valence-corrected chi connectivity index (χ2v) is 4.01. The quantitative estimate of drug-likeness (QED) is 0.744. The summed E-state index contributed by atoms with van der Waals surface area (Å²) in [5.41, 5.74) is 0.0563. The number of carboxylic acids is 2. The fourth-order valence-corrected chi connectivity index (χ4v) is 1.67. The monoisotopic (exact) mass is 297 g/mol. The maximum atomic E-state index is 12.3. The van der Waals surface area contributed by atoms with Crippen molar-refractivity contribution in [1.82, 2.24) is 4.90 Å². The van der Waals surface area contributed by atoms with E-state index >= 15 is 0 Å². The number of carbonyl (C=O) groups excluding carboxylic acids is 1. The lowest BCUT2D eigenvalue weighted by atomic mass is 10.1. The Labute approximate surface area is 120 Å². The average molecular weight is 297 g/mol. The zero-order valence-electron chi connectivity index (χ0n) is 11.5. The fourth-order valence-electron chi connectivity index (χ4n) is 1.67. The number of rotatable bonds is 7. The lowest BCUT2D eigenvalue weighted by Gasteiger charge is -2.20. The van der Waals surface area contributed by atoms with E-state index in [1.165, 1.54) is 32.4 Å². The molecule has 0 aliphatic carbocycles. The number of ether oxygens (including phenoxy) is 2. The third-order valence-electron chi connectivity index (χ3n) is 2.58. The van der Waals surface area contributed by atoms with Crippen molar-refractivity contribution in [3.8, 4) is 11.5 Å². The molecule has 21 heavy (non-hydrogen) atoms. The van der Waals surface area contributed by atoms with Gasteiger partial charge in [-0.2, -0.15) is 0 Å². The van der Waals surface area contributed by atoms with Crippen molar-refractivity contribution in [3.05, 3.63) is 23.8 Å². The summed E-state index contributed by atoms with van der Waals surface area (Å²) in [5.74, 6) is -2.75. The van der Waals surface area contributed by atoms with Gasteiger partial charge in [-0.15, -0.1) is 0 Å². The molecule has 0 bridgehead atoms. The van der Waals surface area contributed by atoms with Crippen LogP contribution < -0.4 is 9.47 Å². The number of hydrogen-bond acceptors (Lipinski definition) is 5. The first-order valence-corrected chi connectivity index (χ1v) is 5.84. The van der Waals surface area contributed by atoms with Crippen LogP contribution >= 0.6 is 0 Å². The van der Waals surface area contributed by atoms with Gasteiger partial charge in [0.15, 0.2) is 0 Å². The minimum atomic E-state index is -1.31. The average Bonchev–Trinajstić information content (AvgIpc) is 2.44. The number of benzene rings is 1. The van der Waals surface area contributed by atoms with E-state index < -0.39 is 30.9 Å². The van der Waals surface area contributed by atoms with Crippen molar-refractivity contribution in [3.63, 3.8) is 0 Å². The summed E-state index contributed by atoms with van der Waals surface area (Å²) in [7, 11) is 2.78. The number of carbonyl (C=O) groups is 3. The summed E-state index contributed by atoms with van der Waals surface area (Å²) in [6, 6.07) is 4.33. The standard InChI is InChI=1S/C13H15NO7/c1-20-8-3-4-9(10(5-8)21-2)13(19)14(6-11(15)16)7-12(17)18/h3-5H,6-7H2,1-2H3,(H,15,16)(H,17,18). The van der Waals surface area contributed by atoms with Gasteiger partial charge in [0.1, 0.15) is 24.6 Å². The van der Waals surface area contributed by atoms with Crippen molar-refractivity contribution in [1.29, 1.82) is 0 Å². The van der Waals surface area contributed by atoms with Gasteiger partial charge in [0.25, 0.3) is 5.91 Å². The van der Waals surface area contributed by atoms with Gasteiger partial charge < -0.3 is 24.6 Å². The van der Waals surface area contributed by atoms with Crippen LogP contribution in [0.4, 0.5) is 0 Å². The number of aliphatic carboxylic acids is 2. The highest BCUT2D eigenvalue weighted by Crippen LogP contribution is 2.25. The van der Waals surface area contributed by atoms with E-state index in [0.29, 0.717) is 10.6 Å².